The number of piperazine rings is 1. The second-order valence-electron chi connectivity index (χ2n) is 9.03. The summed E-state index contributed by atoms with van der Waals surface area (Å²) in [5.41, 5.74) is 0. The Kier molecular flexibility index (Phi) is 7.97. The monoisotopic (exact) mass is 452 g/mol. The lowest BCUT2D eigenvalue weighted by molar-refractivity contribution is -0.131. The summed E-state index contributed by atoms with van der Waals surface area (Å²) in [6, 6.07) is 0.229. The van der Waals surface area contributed by atoms with Gasteiger partial charge in [0.15, 0.2) is 5.11 Å². The minimum absolute atomic E-state index is 0.0950. The summed E-state index contributed by atoms with van der Waals surface area (Å²) in [5, 5.41) is 10.4. The number of nitrogens with one attached hydrogen (secondary N) is 3. The molecule has 4 saturated heterocycles. The normalized spacial score (nSPS) is 29.5. The van der Waals surface area contributed by atoms with Crippen molar-refractivity contribution in [3.63, 3.8) is 0 Å². The first-order valence-electron chi connectivity index (χ1n) is 11.8. The molecule has 4 aliphatic rings. The Balaban J connectivity index is 1.20. The highest BCUT2D eigenvalue weighted by Gasteiger charge is 2.43. The minimum Gasteiger partial charge on any atom is -0.379 e. The van der Waals surface area contributed by atoms with E-state index in [4.69, 9.17) is 17.0 Å². The summed E-state index contributed by atoms with van der Waals surface area (Å²) in [7, 11) is 0. The average Bonchev–Trinajstić information content (AvgIpc) is 3.45. The zero-order chi connectivity index (χ0) is 21.6. The van der Waals surface area contributed by atoms with E-state index in [9.17, 15) is 9.59 Å². The number of carbonyl (C=O) groups is 2. The number of likely N-dealkylation sites (tertiary alicyclic amines) is 1. The van der Waals surface area contributed by atoms with Gasteiger partial charge in [-0.1, -0.05) is 0 Å². The van der Waals surface area contributed by atoms with Gasteiger partial charge in [-0.3, -0.25) is 19.4 Å². The number of carbonyl (C=O) groups excluding carboxylic acids is 2. The Morgan fingerprint density at radius 2 is 1.97 bits per heavy atom. The fourth-order valence-electron chi connectivity index (χ4n) is 5.15. The highest BCUT2D eigenvalue weighted by atomic mass is 32.1. The lowest BCUT2D eigenvalue weighted by atomic mass is 10.0. The molecule has 4 rings (SSSR count). The van der Waals surface area contributed by atoms with E-state index < -0.39 is 0 Å². The van der Waals surface area contributed by atoms with Crippen LogP contribution in [0.4, 0.5) is 0 Å². The Labute approximate surface area is 190 Å². The van der Waals surface area contributed by atoms with Gasteiger partial charge in [0.1, 0.15) is 0 Å². The average molecular weight is 453 g/mol. The highest BCUT2D eigenvalue weighted by molar-refractivity contribution is 7.80. The molecule has 9 nitrogen and oxygen atoms in total. The first-order chi connectivity index (χ1) is 15.1. The SMILES string of the molecule is O=C1NCC(CCC(=O)N2CCCC2)N2CC(NC(=S)NCCN3CCOCC3)CC12. The third-order valence-corrected chi connectivity index (χ3v) is 7.19. The van der Waals surface area contributed by atoms with Crippen molar-refractivity contribution in [3.05, 3.63) is 0 Å². The zero-order valence-corrected chi connectivity index (χ0v) is 19.1. The van der Waals surface area contributed by atoms with Crippen molar-refractivity contribution in [2.75, 3.05) is 65.6 Å². The van der Waals surface area contributed by atoms with Gasteiger partial charge in [0.25, 0.3) is 0 Å². The number of ether oxygens (including phenoxy) is 1. The van der Waals surface area contributed by atoms with E-state index >= 15 is 0 Å². The van der Waals surface area contributed by atoms with Crippen molar-refractivity contribution < 1.29 is 14.3 Å². The molecule has 0 aromatic rings. The summed E-state index contributed by atoms with van der Waals surface area (Å²) >= 11 is 5.49. The van der Waals surface area contributed by atoms with Crippen molar-refractivity contribution in [1.82, 2.24) is 30.7 Å². The predicted molar refractivity (Wildman–Crippen MR) is 122 cm³/mol. The standard InChI is InChI=1S/C21H36N6O3S/c28-19(26-6-1-2-7-26)4-3-17-14-23-20(29)18-13-16(15-27(17)18)24-21(31)22-5-8-25-9-11-30-12-10-25/h16-18H,1-15H2,(H,23,29)(H2,22,24,31). The van der Waals surface area contributed by atoms with Gasteiger partial charge in [0.2, 0.25) is 11.8 Å². The molecule has 174 valence electrons. The van der Waals surface area contributed by atoms with E-state index in [1.54, 1.807) is 0 Å². The Hall–Kier alpha value is -1.49. The summed E-state index contributed by atoms with van der Waals surface area (Å²) in [4.78, 5) is 31.5. The fraction of sp³-hybridized carbons (Fsp3) is 0.857. The van der Waals surface area contributed by atoms with Gasteiger partial charge in [-0.2, -0.15) is 0 Å². The summed E-state index contributed by atoms with van der Waals surface area (Å²) in [6.45, 7) is 8.49. The molecule has 4 heterocycles. The second kappa shape index (κ2) is 10.9. The van der Waals surface area contributed by atoms with Crippen LogP contribution >= 0.6 is 12.2 Å². The molecule has 0 radical (unpaired) electrons. The minimum atomic E-state index is -0.130. The van der Waals surface area contributed by atoms with Crippen LogP contribution in [0.3, 0.4) is 0 Å². The number of hydrogen-bond donors (Lipinski definition) is 3. The van der Waals surface area contributed by atoms with Crippen molar-refractivity contribution in [2.45, 2.75) is 50.2 Å². The number of amides is 2. The van der Waals surface area contributed by atoms with Crippen LogP contribution in [0, 0.1) is 0 Å². The van der Waals surface area contributed by atoms with Gasteiger partial charge in [-0.15, -0.1) is 0 Å². The van der Waals surface area contributed by atoms with Gasteiger partial charge in [-0.25, -0.2) is 0 Å². The summed E-state index contributed by atoms with van der Waals surface area (Å²) in [6.07, 6.45) is 4.33. The zero-order valence-electron chi connectivity index (χ0n) is 18.3. The van der Waals surface area contributed by atoms with Gasteiger partial charge in [0.05, 0.1) is 19.3 Å². The van der Waals surface area contributed by atoms with Crippen LogP contribution in [0.25, 0.3) is 0 Å². The van der Waals surface area contributed by atoms with Crippen LogP contribution in [0.1, 0.15) is 32.1 Å². The van der Waals surface area contributed by atoms with Gasteiger partial charge < -0.3 is 25.6 Å². The summed E-state index contributed by atoms with van der Waals surface area (Å²) < 4.78 is 5.38. The number of hydrogen-bond acceptors (Lipinski definition) is 6. The Morgan fingerprint density at radius 1 is 1.19 bits per heavy atom. The number of nitrogens with zero attached hydrogens (tertiary/aromatic N) is 3. The van der Waals surface area contributed by atoms with E-state index in [0.29, 0.717) is 18.1 Å². The summed E-state index contributed by atoms with van der Waals surface area (Å²) in [5.74, 6) is 0.350. The molecule has 3 atom stereocenters. The molecule has 31 heavy (non-hydrogen) atoms. The topological polar surface area (TPSA) is 89.2 Å². The van der Waals surface area contributed by atoms with E-state index in [1.165, 1.54) is 0 Å². The fourth-order valence-corrected chi connectivity index (χ4v) is 5.42. The number of fused-ring (bicyclic) bond motifs is 1. The van der Waals surface area contributed by atoms with Crippen LogP contribution in [-0.4, -0.2) is 115 Å². The van der Waals surface area contributed by atoms with Gasteiger partial charge >= 0.3 is 0 Å². The number of thiocarbonyl (C=S) groups is 1. The molecule has 0 saturated carbocycles. The molecule has 0 bridgehead atoms. The third-order valence-electron chi connectivity index (χ3n) is 6.93. The van der Waals surface area contributed by atoms with Crippen molar-refractivity contribution in [3.8, 4) is 0 Å². The number of rotatable bonds is 7. The quantitative estimate of drug-likeness (QED) is 0.430. The first kappa shape index (κ1) is 22.7. The smallest absolute Gasteiger partial charge is 0.237 e. The van der Waals surface area contributed by atoms with Crippen LogP contribution in [0.2, 0.25) is 0 Å². The molecule has 4 fully saturated rings. The van der Waals surface area contributed by atoms with E-state index in [0.717, 1.165) is 84.7 Å². The van der Waals surface area contributed by atoms with Crippen LogP contribution < -0.4 is 16.0 Å². The third kappa shape index (κ3) is 6.06. The van der Waals surface area contributed by atoms with Gasteiger partial charge in [0, 0.05) is 70.9 Å². The first-order valence-corrected chi connectivity index (χ1v) is 12.2. The van der Waals surface area contributed by atoms with E-state index in [2.05, 4.69) is 25.8 Å². The molecule has 3 unspecified atom stereocenters. The second-order valence-corrected chi connectivity index (χ2v) is 9.43. The van der Waals surface area contributed by atoms with E-state index in [-0.39, 0.29) is 29.9 Å². The molecule has 0 aromatic heterocycles. The molecule has 10 heteroatoms. The van der Waals surface area contributed by atoms with Crippen molar-refractivity contribution in [1.29, 1.82) is 0 Å². The molecule has 4 aliphatic heterocycles. The maximum Gasteiger partial charge on any atom is 0.237 e. The molecule has 0 aliphatic carbocycles. The molecule has 3 N–H and O–H groups in total. The van der Waals surface area contributed by atoms with Crippen LogP contribution in [0.5, 0.6) is 0 Å². The predicted octanol–water partition coefficient (Wildman–Crippen LogP) is -0.873. The van der Waals surface area contributed by atoms with Crippen LogP contribution in [0.15, 0.2) is 0 Å². The largest absolute Gasteiger partial charge is 0.379 e. The Morgan fingerprint density at radius 3 is 2.74 bits per heavy atom. The maximum absolute atomic E-state index is 12.4. The molecular formula is C21H36N6O3S. The molecule has 2 amide bonds. The van der Waals surface area contributed by atoms with Crippen LogP contribution in [-0.2, 0) is 14.3 Å². The molecule has 0 spiro atoms. The number of morpholine rings is 1. The maximum atomic E-state index is 12.4. The molecule has 0 aromatic carbocycles. The van der Waals surface area contributed by atoms with Crippen molar-refractivity contribution in [2.24, 2.45) is 0 Å². The highest BCUT2D eigenvalue weighted by Crippen LogP contribution is 2.26. The molecular weight excluding hydrogens is 416 g/mol. The lowest BCUT2D eigenvalue weighted by Crippen LogP contribution is -2.58. The van der Waals surface area contributed by atoms with E-state index in [1.807, 2.05) is 4.90 Å². The Bertz CT molecular complexity index is 653. The van der Waals surface area contributed by atoms with Crippen molar-refractivity contribution >= 4 is 29.1 Å². The lowest BCUT2D eigenvalue weighted by Gasteiger charge is -2.37. The van der Waals surface area contributed by atoms with Gasteiger partial charge in [-0.05, 0) is 37.9 Å².